The van der Waals surface area contributed by atoms with Gasteiger partial charge >= 0.3 is 0 Å². The molecule has 0 fully saturated rings. The predicted molar refractivity (Wildman–Crippen MR) is 185 cm³/mol. The summed E-state index contributed by atoms with van der Waals surface area (Å²) in [6.07, 6.45) is 0. The van der Waals surface area contributed by atoms with Gasteiger partial charge in [0.05, 0.1) is 58.8 Å². The van der Waals surface area contributed by atoms with Crippen LogP contribution in [0.5, 0.6) is 11.5 Å². The van der Waals surface area contributed by atoms with Crippen LogP contribution in [0.25, 0.3) is 56.2 Å². The van der Waals surface area contributed by atoms with E-state index in [4.69, 9.17) is 28.5 Å². The van der Waals surface area contributed by atoms with Gasteiger partial charge in [0.25, 0.3) is 0 Å². The van der Waals surface area contributed by atoms with Gasteiger partial charge in [-0.15, -0.1) is 0 Å². The van der Waals surface area contributed by atoms with Gasteiger partial charge in [-0.25, -0.2) is 9.97 Å². The Kier molecular flexibility index (Phi) is 7.98. The van der Waals surface area contributed by atoms with E-state index in [-0.39, 0.29) is 0 Å². The second-order valence-corrected chi connectivity index (χ2v) is 11.3. The quantitative estimate of drug-likeness (QED) is 0.178. The van der Waals surface area contributed by atoms with Crippen molar-refractivity contribution in [2.45, 2.75) is 27.7 Å². The molecule has 4 aromatic heterocycles. The number of benzene rings is 4. The van der Waals surface area contributed by atoms with Gasteiger partial charge < -0.3 is 18.5 Å². The van der Waals surface area contributed by atoms with Crippen molar-refractivity contribution in [2.75, 3.05) is 14.2 Å². The fourth-order valence-corrected chi connectivity index (χ4v) is 5.98. The van der Waals surface area contributed by atoms with Gasteiger partial charge in [-0.1, -0.05) is 34.6 Å². The molecule has 0 atom stereocenters. The van der Waals surface area contributed by atoms with Crippen molar-refractivity contribution in [2.24, 2.45) is 0 Å². The Balaban J connectivity index is 0.000000152. The lowest BCUT2D eigenvalue weighted by atomic mass is 10.2. The number of para-hydroxylation sites is 4. The molecular weight excluding hydrogens is 604 g/mol. The van der Waals surface area contributed by atoms with E-state index in [1.54, 1.807) is 14.2 Å². The average Bonchev–Trinajstić information content (AvgIpc) is 3.87. The maximum atomic E-state index is 5.35. The number of hydrogen-bond donors (Lipinski definition) is 0. The highest BCUT2D eigenvalue weighted by Crippen LogP contribution is 2.34. The lowest BCUT2D eigenvalue weighted by Crippen LogP contribution is -1.99. The zero-order valence-corrected chi connectivity index (χ0v) is 27.6. The van der Waals surface area contributed by atoms with Crippen LogP contribution >= 0.6 is 0 Å². The van der Waals surface area contributed by atoms with Crippen molar-refractivity contribution in [1.82, 2.24) is 29.4 Å². The maximum Gasteiger partial charge on any atom is 0.151 e. The molecule has 0 saturated heterocycles. The van der Waals surface area contributed by atoms with Gasteiger partial charge in [-0.2, -0.15) is 0 Å². The van der Waals surface area contributed by atoms with Crippen LogP contribution in [0.2, 0.25) is 0 Å². The Labute approximate surface area is 277 Å². The zero-order valence-electron chi connectivity index (χ0n) is 27.6. The van der Waals surface area contributed by atoms with E-state index in [9.17, 15) is 0 Å². The number of hydrogen-bond acceptors (Lipinski definition) is 8. The molecule has 0 unspecified atom stereocenters. The third-order valence-electron chi connectivity index (χ3n) is 8.30. The SMILES string of the molecule is COc1ccc(-n2c(-c3c(C)noc3C)nc3ccccc32)cc1.COc1ccc(-n2c(-c3c(C)noc3C)nc3ccccc32)cc1. The monoisotopic (exact) mass is 638 g/mol. The van der Waals surface area contributed by atoms with E-state index >= 15 is 0 Å². The van der Waals surface area contributed by atoms with Crippen molar-refractivity contribution >= 4 is 22.1 Å². The lowest BCUT2D eigenvalue weighted by molar-refractivity contribution is 0.393. The van der Waals surface area contributed by atoms with Crippen molar-refractivity contribution in [3.05, 3.63) is 120 Å². The third kappa shape index (κ3) is 5.37. The molecule has 4 aromatic carbocycles. The number of fused-ring (bicyclic) bond motifs is 2. The van der Waals surface area contributed by atoms with Crippen LogP contribution < -0.4 is 9.47 Å². The van der Waals surface area contributed by atoms with Crippen LogP contribution in [-0.2, 0) is 0 Å². The van der Waals surface area contributed by atoms with Crippen LogP contribution in [0.1, 0.15) is 22.9 Å². The number of nitrogens with zero attached hydrogens (tertiary/aromatic N) is 6. The first-order valence-corrected chi connectivity index (χ1v) is 15.5. The summed E-state index contributed by atoms with van der Waals surface area (Å²) in [5.41, 5.74) is 9.50. The summed E-state index contributed by atoms with van der Waals surface area (Å²) < 4.78 is 25.5. The van der Waals surface area contributed by atoms with E-state index in [0.29, 0.717) is 0 Å². The minimum atomic E-state index is 0.762. The molecule has 0 bridgehead atoms. The molecular formula is C38H34N6O4. The molecule has 0 aliphatic heterocycles. The molecule has 0 amide bonds. The van der Waals surface area contributed by atoms with Crippen molar-refractivity contribution in [3.8, 4) is 45.6 Å². The third-order valence-corrected chi connectivity index (χ3v) is 8.30. The van der Waals surface area contributed by atoms with Crippen LogP contribution in [0.4, 0.5) is 0 Å². The van der Waals surface area contributed by atoms with Crippen LogP contribution in [0.15, 0.2) is 106 Å². The number of aryl methyl sites for hydroxylation is 4. The highest BCUT2D eigenvalue weighted by atomic mass is 16.5. The number of rotatable bonds is 6. The lowest BCUT2D eigenvalue weighted by Gasteiger charge is -2.10. The zero-order chi connectivity index (χ0) is 33.4. The van der Waals surface area contributed by atoms with Gasteiger partial charge in [0, 0.05) is 11.4 Å². The largest absolute Gasteiger partial charge is 0.497 e. The van der Waals surface area contributed by atoms with E-state index in [1.165, 1.54) is 0 Å². The summed E-state index contributed by atoms with van der Waals surface area (Å²) in [7, 11) is 3.33. The molecule has 0 spiro atoms. The Hall–Kier alpha value is -6.16. The highest BCUT2D eigenvalue weighted by molar-refractivity contribution is 5.85. The fraction of sp³-hybridized carbons (Fsp3) is 0.158. The summed E-state index contributed by atoms with van der Waals surface area (Å²) in [5, 5.41) is 8.15. The van der Waals surface area contributed by atoms with Crippen LogP contribution in [-0.4, -0.2) is 43.6 Å². The molecule has 10 nitrogen and oxygen atoms in total. The molecule has 0 saturated carbocycles. The second kappa shape index (κ2) is 12.6. The minimum Gasteiger partial charge on any atom is -0.497 e. The number of ether oxygens (including phenoxy) is 2. The summed E-state index contributed by atoms with van der Waals surface area (Å²) in [6.45, 7) is 7.69. The molecule has 0 radical (unpaired) electrons. The van der Waals surface area contributed by atoms with Gasteiger partial charge in [0.2, 0.25) is 0 Å². The normalized spacial score (nSPS) is 11.1. The average molecular weight is 639 g/mol. The topological polar surface area (TPSA) is 106 Å². The Morgan fingerprint density at radius 1 is 0.500 bits per heavy atom. The van der Waals surface area contributed by atoms with Gasteiger partial charge in [-0.3, -0.25) is 9.13 Å². The summed E-state index contributed by atoms with van der Waals surface area (Å²) in [5.74, 6) is 4.83. The smallest absolute Gasteiger partial charge is 0.151 e. The molecule has 8 rings (SSSR count). The molecule has 10 heteroatoms. The Morgan fingerprint density at radius 3 is 1.21 bits per heavy atom. The van der Waals surface area contributed by atoms with Crippen LogP contribution in [0.3, 0.4) is 0 Å². The second-order valence-electron chi connectivity index (χ2n) is 11.3. The molecule has 0 N–H and O–H groups in total. The maximum absolute atomic E-state index is 5.35. The first kappa shape index (κ1) is 30.5. The molecule has 4 heterocycles. The number of methoxy groups -OCH3 is 2. The first-order chi connectivity index (χ1) is 23.4. The summed E-state index contributed by atoms with van der Waals surface area (Å²) >= 11 is 0. The Bertz CT molecular complexity index is 2150. The number of aromatic nitrogens is 6. The van der Waals surface area contributed by atoms with Crippen molar-refractivity contribution in [1.29, 1.82) is 0 Å². The number of imidazole rings is 2. The van der Waals surface area contributed by atoms with E-state index in [2.05, 4.69) is 31.6 Å². The summed E-state index contributed by atoms with van der Waals surface area (Å²) in [6, 6.07) is 32.0. The van der Waals surface area contributed by atoms with Gasteiger partial charge in [0.15, 0.2) is 11.6 Å². The van der Waals surface area contributed by atoms with Gasteiger partial charge in [-0.05, 0) is 100 Å². The predicted octanol–water partition coefficient (Wildman–Crippen LogP) is 8.61. The van der Waals surface area contributed by atoms with Crippen LogP contribution in [0, 0.1) is 27.7 Å². The van der Waals surface area contributed by atoms with Crippen molar-refractivity contribution < 1.29 is 18.5 Å². The van der Waals surface area contributed by atoms with Gasteiger partial charge in [0.1, 0.15) is 23.0 Å². The highest BCUT2D eigenvalue weighted by Gasteiger charge is 2.22. The first-order valence-electron chi connectivity index (χ1n) is 15.5. The molecule has 240 valence electrons. The fourth-order valence-electron chi connectivity index (χ4n) is 5.98. The van der Waals surface area contributed by atoms with E-state index < -0.39 is 0 Å². The molecule has 8 aromatic rings. The van der Waals surface area contributed by atoms with E-state index in [1.807, 2.05) is 113 Å². The molecule has 48 heavy (non-hydrogen) atoms. The summed E-state index contributed by atoms with van der Waals surface area (Å²) in [4.78, 5) is 9.65. The minimum absolute atomic E-state index is 0.762. The standard InChI is InChI=1S/2C19H17N3O2/c2*1-12-18(13(2)24-21-12)19-20-16-6-4-5-7-17(16)22(19)14-8-10-15(23-3)11-9-14/h2*4-11H,1-3H3. The molecule has 0 aliphatic rings. The van der Waals surface area contributed by atoms with E-state index in [0.717, 1.165) is 90.6 Å². The molecule has 0 aliphatic carbocycles. The van der Waals surface area contributed by atoms with Crippen molar-refractivity contribution in [3.63, 3.8) is 0 Å². The Morgan fingerprint density at radius 2 is 0.875 bits per heavy atom.